The minimum absolute atomic E-state index is 0.319. The smallest absolute Gasteiger partial charge is 0.133 e. The number of halogens is 2. The molecule has 1 aliphatic rings. The second-order valence-electron chi connectivity index (χ2n) is 4.97. The van der Waals surface area contributed by atoms with Gasteiger partial charge in [-0.3, -0.25) is 0 Å². The Morgan fingerprint density at radius 3 is 2.84 bits per heavy atom. The first-order valence-corrected chi connectivity index (χ1v) is 8.52. The highest BCUT2D eigenvalue weighted by molar-refractivity contribution is 9.10. The first-order valence-electron chi connectivity index (χ1n) is 6.81. The number of alkyl halides is 1. The molecule has 0 aromatic heterocycles. The molecule has 0 radical (unpaired) electrons. The van der Waals surface area contributed by atoms with E-state index >= 15 is 0 Å². The van der Waals surface area contributed by atoms with Crippen molar-refractivity contribution in [3.8, 4) is 5.75 Å². The van der Waals surface area contributed by atoms with Gasteiger partial charge in [0.15, 0.2) is 0 Å². The van der Waals surface area contributed by atoms with E-state index in [0.29, 0.717) is 16.8 Å². The molecule has 4 heteroatoms. The van der Waals surface area contributed by atoms with E-state index in [4.69, 9.17) is 9.47 Å². The average molecular weight is 392 g/mol. The molecule has 0 bridgehead atoms. The SMILES string of the molecule is CCCOc1ccc(C(Br)C2CCOC2C)cc1Br. The quantitative estimate of drug-likeness (QED) is 0.650. The zero-order valence-electron chi connectivity index (χ0n) is 11.4. The Balaban J connectivity index is 2.10. The van der Waals surface area contributed by atoms with Gasteiger partial charge < -0.3 is 9.47 Å². The van der Waals surface area contributed by atoms with Crippen LogP contribution in [0.5, 0.6) is 5.75 Å². The van der Waals surface area contributed by atoms with Gasteiger partial charge in [0.1, 0.15) is 5.75 Å². The first-order chi connectivity index (χ1) is 9.13. The molecule has 1 heterocycles. The van der Waals surface area contributed by atoms with E-state index in [2.05, 4.69) is 57.8 Å². The molecule has 1 aliphatic heterocycles. The lowest BCUT2D eigenvalue weighted by molar-refractivity contribution is 0.105. The van der Waals surface area contributed by atoms with Crippen molar-refractivity contribution in [2.75, 3.05) is 13.2 Å². The predicted molar refractivity (Wildman–Crippen MR) is 85.1 cm³/mol. The zero-order valence-corrected chi connectivity index (χ0v) is 14.5. The third-order valence-corrected chi connectivity index (χ3v) is 5.37. The van der Waals surface area contributed by atoms with Gasteiger partial charge in [-0.2, -0.15) is 0 Å². The number of rotatable bonds is 5. The first kappa shape index (κ1) is 15.3. The van der Waals surface area contributed by atoms with Gasteiger partial charge in [0.25, 0.3) is 0 Å². The number of ether oxygens (including phenoxy) is 2. The van der Waals surface area contributed by atoms with Gasteiger partial charge in [-0.05, 0) is 53.4 Å². The summed E-state index contributed by atoms with van der Waals surface area (Å²) in [5.41, 5.74) is 1.28. The second kappa shape index (κ2) is 7.09. The van der Waals surface area contributed by atoms with Crippen LogP contribution >= 0.6 is 31.9 Å². The Bertz CT molecular complexity index is 423. The highest BCUT2D eigenvalue weighted by atomic mass is 79.9. The second-order valence-corrected chi connectivity index (χ2v) is 6.81. The molecule has 3 unspecified atom stereocenters. The van der Waals surface area contributed by atoms with Crippen molar-refractivity contribution >= 4 is 31.9 Å². The lowest BCUT2D eigenvalue weighted by Crippen LogP contribution is -2.16. The van der Waals surface area contributed by atoms with Crippen LogP contribution in [0.15, 0.2) is 22.7 Å². The molecule has 1 saturated heterocycles. The molecule has 1 fully saturated rings. The summed E-state index contributed by atoms with van der Waals surface area (Å²) in [6.07, 6.45) is 2.45. The van der Waals surface area contributed by atoms with Gasteiger partial charge >= 0.3 is 0 Å². The Labute approximate surface area is 132 Å². The van der Waals surface area contributed by atoms with Crippen molar-refractivity contribution in [1.29, 1.82) is 0 Å². The fourth-order valence-corrected chi connectivity index (χ4v) is 3.89. The van der Waals surface area contributed by atoms with Crippen molar-refractivity contribution in [1.82, 2.24) is 0 Å². The minimum atomic E-state index is 0.319. The van der Waals surface area contributed by atoms with Crippen LogP contribution in [-0.4, -0.2) is 19.3 Å². The van der Waals surface area contributed by atoms with Crippen LogP contribution in [0.1, 0.15) is 37.1 Å². The van der Waals surface area contributed by atoms with Gasteiger partial charge in [-0.25, -0.2) is 0 Å². The van der Waals surface area contributed by atoms with Crippen molar-refractivity contribution in [3.05, 3.63) is 28.2 Å². The maximum Gasteiger partial charge on any atom is 0.133 e. The van der Waals surface area contributed by atoms with Crippen LogP contribution in [0, 0.1) is 5.92 Å². The molecule has 0 amide bonds. The summed E-state index contributed by atoms with van der Waals surface area (Å²) in [5, 5.41) is 0. The normalized spacial score (nSPS) is 24.4. The molecular formula is C15H20Br2O2. The largest absolute Gasteiger partial charge is 0.492 e. The van der Waals surface area contributed by atoms with Crippen LogP contribution in [0.25, 0.3) is 0 Å². The number of hydrogen-bond donors (Lipinski definition) is 0. The van der Waals surface area contributed by atoms with Gasteiger partial charge in [0.2, 0.25) is 0 Å². The molecule has 0 spiro atoms. The standard InChI is InChI=1S/C15H20Br2O2/c1-3-7-19-14-5-4-11(9-13(14)16)15(17)12-6-8-18-10(12)2/h4-5,9-10,12,15H,3,6-8H2,1-2H3. The molecule has 3 atom stereocenters. The average Bonchev–Trinajstić information content (AvgIpc) is 2.82. The number of benzene rings is 1. The van der Waals surface area contributed by atoms with Gasteiger partial charge in [0.05, 0.1) is 17.2 Å². The van der Waals surface area contributed by atoms with Crippen LogP contribution in [0.4, 0.5) is 0 Å². The van der Waals surface area contributed by atoms with E-state index in [-0.39, 0.29) is 0 Å². The number of hydrogen-bond acceptors (Lipinski definition) is 2. The molecule has 1 aromatic rings. The van der Waals surface area contributed by atoms with Crippen molar-refractivity contribution in [2.24, 2.45) is 5.92 Å². The highest BCUT2D eigenvalue weighted by Gasteiger charge is 2.31. The van der Waals surface area contributed by atoms with Gasteiger partial charge in [-0.1, -0.05) is 28.9 Å². The fraction of sp³-hybridized carbons (Fsp3) is 0.600. The summed E-state index contributed by atoms with van der Waals surface area (Å²) in [4.78, 5) is 0.335. The monoisotopic (exact) mass is 390 g/mol. The summed E-state index contributed by atoms with van der Waals surface area (Å²) in [6, 6.07) is 6.33. The molecule has 0 N–H and O–H groups in total. The minimum Gasteiger partial charge on any atom is -0.492 e. The van der Waals surface area contributed by atoms with E-state index in [0.717, 1.165) is 36.3 Å². The van der Waals surface area contributed by atoms with Crippen LogP contribution in [0.3, 0.4) is 0 Å². The van der Waals surface area contributed by atoms with Crippen LogP contribution < -0.4 is 4.74 Å². The molecule has 0 aliphatic carbocycles. The fourth-order valence-electron chi connectivity index (χ4n) is 2.40. The van der Waals surface area contributed by atoms with Gasteiger partial charge in [0, 0.05) is 17.4 Å². The topological polar surface area (TPSA) is 18.5 Å². The molecule has 106 valence electrons. The van der Waals surface area contributed by atoms with Crippen molar-refractivity contribution < 1.29 is 9.47 Å². The van der Waals surface area contributed by atoms with Gasteiger partial charge in [-0.15, -0.1) is 0 Å². The Hall–Kier alpha value is -0.0600. The van der Waals surface area contributed by atoms with E-state index in [1.807, 2.05) is 6.07 Å². The van der Waals surface area contributed by atoms with Crippen molar-refractivity contribution in [3.63, 3.8) is 0 Å². The molecule has 19 heavy (non-hydrogen) atoms. The summed E-state index contributed by atoms with van der Waals surface area (Å²) in [5.74, 6) is 1.45. The summed E-state index contributed by atoms with van der Waals surface area (Å²) in [6.45, 7) is 5.88. The lowest BCUT2D eigenvalue weighted by atomic mass is 9.94. The van der Waals surface area contributed by atoms with Crippen LogP contribution in [-0.2, 0) is 4.74 Å². The summed E-state index contributed by atoms with van der Waals surface area (Å²) >= 11 is 7.42. The van der Waals surface area contributed by atoms with E-state index in [1.54, 1.807) is 0 Å². The third-order valence-electron chi connectivity index (χ3n) is 3.55. The maximum absolute atomic E-state index is 5.68. The lowest BCUT2D eigenvalue weighted by Gasteiger charge is -2.21. The third kappa shape index (κ3) is 3.73. The Kier molecular flexibility index (Phi) is 5.72. The molecule has 2 nitrogen and oxygen atoms in total. The Morgan fingerprint density at radius 1 is 1.47 bits per heavy atom. The maximum atomic E-state index is 5.68. The molecule has 2 rings (SSSR count). The molecule has 1 aromatic carbocycles. The van der Waals surface area contributed by atoms with E-state index in [9.17, 15) is 0 Å². The molecular weight excluding hydrogens is 372 g/mol. The predicted octanol–water partition coefficient (Wildman–Crippen LogP) is 5.10. The molecule has 0 saturated carbocycles. The van der Waals surface area contributed by atoms with Crippen molar-refractivity contribution in [2.45, 2.75) is 37.6 Å². The van der Waals surface area contributed by atoms with E-state index < -0.39 is 0 Å². The zero-order chi connectivity index (χ0) is 13.8. The summed E-state index contributed by atoms with van der Waals surface area (Å²) < 4.78 is 12.4. The Morgan fingerprint density at radius 2 is 2.26 bits per heavy atom. The highest BCUT2D eigenvalue weighted by Crippen LogP contribution is 2.41. The van der Waals surface area contributed by atoms with E-state index in [1.165, 1.54) is 5.56 Å². The summed E-state index contributed by atoms with van der Waals surface area (Å²) in [7, 11) is 0. The van der Waals surface area contributed by atoms with Crippen LogP contribution in [0.2, 0.25) is 0 Å².